The molecule has 5 nitrogen and oxygen atoms in total. The molecule has 6 heteroatoms. The summed E-state index contributed by atoms with van der Waals surface area (Å²) in [6, 6.07) is 24.4. The van der Waals surface area contributed by atoms with Crippen LogP contribution in [-0.4, -0.2) is 16.8 Å². The number of urea groups is 1. The molecular weight excluding hydrogens is 444 g/mol. The molecule has 1 heterocycles. The van der Waals surface area contributed by atoms with Gasteiger partial charge in [0.15, 0.2) is 0 Å². The quantitative estimate of drug-likeness (QED) is 0.408. The molecule has 4 rings (SSSR count). The fourth-order valence-corrected chi connectivity index (χ4v) is 3.51. The highest BCUT2D eigenvalue weighted by atomic mass is 79.9. The van der Waals surface area contributed by atoms with Gasteiger partial charge < -0.3 is 10.1 Å². The van der Waals surface area contributed by atoms with Gasteiger partial charge in [-0.3, -0.25) is 9.69 Å². The summed E-state index contributed by atoms with van der Waals surface area (Å²) in [5.41, 5.74) is 2.85. The zero-order valence-corrected chi connectivity index (χ0v) is 17.6. The third-order valence-corrected chi connectivity index (χ3v) is 5.15. The van der Waals surface area contributed by atoms with Crippen molar-refractivity contribution in [2.24, 2.45) is 0 Å². The lowest BCUT2D eigenvalue weighted by atomic mass is 10.1. The van der Waals surface area contributed by atoms with Crippen LogP contribution in [0.5, 0.6) is 5.75 Å². The minimum absolute atomic E-state index is 0.221. The molecule has 0 saturated carbocycles. The number of ether oxygens (including phenoxy) is 1. The number of carbonyl (C=O) groups excluding carboxylic acids is 2. The fourth-order valence-electron chi connectivity index (χ4n) is 3.14. The van der Waals surface area contributed by atoms with Crippen LogP contribution in [0.3, 0.4) is 0 Å². The van der Waals surface area contributed by atoms with E-state index in [1.165, 1.54) is 4.90 Å². The molecule has 30 heavy (non-hydrogen) atoms. The SMILES string of the molecule is O=C1N/C(=C\c2cc(Br)ccc2OCc2ccccc2)C(=O)N1Cc1ccccc1. The topological polar surface area (TPSA) is 58.6 Å². The molecule has 150 valence electrons. The monoisotopic (exact) mass is 462 g/mol. The zero-order valence-electron chi connectivity index (χ0n) is 16.0. The van der Waals surface area contributed by atoms with Crippen LogP contribution in [0.1, 0.15) is 16.7 Å². The third kappa shape index (κ3) is 4.60. The highest BCUT2D eigenvalue weighted by Crippen LogP contribution is 2.27. The van der Waals surface area contributed by atoms with Crippen molar-refractivity contribution < 1.29 is 14.3 Å². The largest absolute Gasteiger partial charge is 0.488 e. The van der Waals surface area contributed by atoms with E-state index in [4.69, 9.17) is 4.74 Å². The van der Waals surface area contributed by atoms with Crippen LogP contribution < -0.4 is 10.1 Å². The Hall–Kier alpha value is -3.38. The summed E-state index contributed by atoms with van der Waals surface area (Å²) in [6.45, 7) is 0.623. The Bertz CT molecular complexity index is 1100. The van der Waals surface area contributed by atoms with Crippen molar-refractivity contribution in [1.29, 1.82) is 0 Å². The van der Waals surface area contributed by atoms with Gasteiger partial charge in [-0.15, -0.1) is 0 Å². The molecule has 3 amide bonds. The molecule has 0 bridgehead atoms. The normalized spacial score (nSPS) is 14.8. The molecular formula is C24H19BrN2O3. The molecule has 1 fully saturated rings. The second-order valence-electron chi connectivity index (χ2n) is 6.82. The van der Waals surface area contributed by atoms with Gasteiger partial charge in [0, 0.05) is 10.0 Å². The van der Waals surface area contributed by atoms with Crippen LogP contribution in [-0.2, 0) is 17.9 Å². The summed E-state index contributed by atoms with van der Waals surface area (Å²) in [6.07, 6.45) is 1.65. The second kappa shape index (κ2) is 8.97. The average Bonchev–Trinajstić information content (AvgIpc) is 3.02. The second-order valence-corrected chi connectivity index (χ2v) is 7.74. The van der Waals surface area contributed by atoms with Gasteiger partial charge >= 0.3 is 6.03 Å². The van der Waals surface area contributed by atoms with E-state index >= 15 is 0 Å². The predicted octanol–water partition coefficient (Wildman–Crippen LogP) is 5.12. The number of halogens is 1. The van der Waals surface area contributed by atoms with E-state index in [2.05, 4.69) is 21.2 Å². The molecule has 1 N–H and O–H groups in total. The van der Waals surface area contributed by atoms with E-state index in [1.807, 2.05) is 78.9 Å². The number of carbonyl (C=O) groups is 2. The Morgan fingerprint density at radius 1 is 0.900 bits per heavy atom. The van der Waals surface area contributed by atoms with Gasteiger partial charge in [-0.2, -0.15) is 0 Å². The van der Waals surface area contributed by atoms with E-state index in [-0.39, 0.29) is 18.1 Å². The first kappa shape index (κ1) is 19.9. The molecule has 0 unspecified atom stereocenters. The molecule has 0 radical (unpaired) electrons. The number of hydrogen-bond acceptors (Lipinski definition) is 3. The Labute approximate surface area is 183 Å². The highest BCUT2D eigenvalue weighted by molar-refractivity contribution is 9.10. The lowest BCUT2D eigenvalue weighted by molar-refractivity contribution is -0.123. The van der Waals surface area contributed by atoms with Gasteiger partial charge in [0.05, 0.1) is 6.54 Å². The van der Waals surface area contributed by atoms with Crippen molar-refractivity contribution in [2.75, 3.05) is 0 Å². The van der Waals surface area contributed by atoms with E-state index in [0.29, 0.717) is 17.9 Å². The first-order valence-electron chi connectivity index (χ1n) is 9.45. The minimum Gasteiger partial charge on any atom is -0.488 e. The van der Waals surface area contributed by atoms with Crippen LogP contribution in [0.2, 0.25) is 0 Å². The van der Waals surface area contributed by atoms with Gasteiger partial charge in [0.2, 0.25) is 0 Å². The average molecular weight is 463 g/mol. The number of nitrogens with one attached hydrogen (secondary N) is 1. The van der Waals surface area contributed by atoms with Crippen molar-refractivity contribution in [2.45, 2.75) is 13.2 Å². The van der Waals surface area contributed by atoms with Gasteiger partial charge in [-0.25, -0.2) is 4.79 Å². The summed E-state index contributed by atoms with van der Waals surface area (Å²) in [5.74, 6) is 0.260. The number of imide groups is 1. The van der Waals surface area contributed by atoms with Crippen LogP contribution in [0, 0.1) is 0 Å². The molecule has 3 aromatic carbocycles. The van der Waals surface area contributed by atoms with Crippen molar-refractivity contribution >= 4 is 33.9 Å². The molecule has 0 spiro atoms. The van der Waals surface area contributed by atoms with E-state index in [0.717, 1.165) is 15.6 Å². The summed E-state index contributed by atoms with van der Waals surface area (Å²) in [4.78, 5) is 26.4. The van der Waals surface area contributed by atoms with Gasteiger partial charge in [-0.1, -0.05) is 76.6 Å². The minimum atomic E-state index is -0.433. The van der Waals surface area contributed by atoms with Gasteiger partial charge in [0.25, 0.3) is 5.91 Å². The third-order valence-electron chi connectivity index (χ3n) is 4.65. The Morgan fingerprint density at radius 3 is 2.27 bits per heavy atom. The van der Waals surface area contributed by atoms with Crippen LogP contribution in [0.15, 0.2) is 89.0 Å². The lowest BCUT2D eigenvalue weighted by Gasteiger charge is -2.12. The highest BCUT2D eigenvalue weighted by Gasteiger charge is 2.33. The maximum Gasteiger partial charge on any atom is 0.329 e. The van der Waals surface area contributed by atoms with Crippen molar-refractivity contribution in [3.05, 3.63) is 106 Å². The molecule has 1 aliphatic heterocycles. The standard InChI is InChI=1S/C24H19BrN2O3/c25-20-11-12-22(30-16-18-9-5-2-6-10-18)19(13-20)14-21-23(28)27(24(29)26-21)15-17-7-3-1-4-8-17/h1-14H,15-16H2,(H,26,29)/b21-14-. The number of amides is 3. The first-order chi connectivity index (χ1) is 14.6. The fraction of sp³-hybridized carbons (Fsp3) is 0.0833. The summed E-state index contributed by atoms with van der Waals surface area (Å²) in [7, 11) is 0. The van der Waals surface area contributed by atoms with E-state index < -0.39 is 6.03 Å². The lowest BCUT2D eigenvalue weighted by Crippen LogP contribution is -2.30. The molecule has 1 aliphatic rings. The molecule has 0 aromatic heterocycles. The van der Waals surface area contributed by atoms with E-state index in [1.54, 1.807) is 6.08 Å². The first-order valence-corrected chi connectivity index (χ1v) is 10.2. The van der Waals surface area contributed by atoms with Crippen molar-refractivity contribution in [3.63, 3.8) is 0 Å². The van der Waals surface area contributed by atoms with Crippen LogP contribution in [0.25, 0.3) is 6.08 Å². The summed E-state index contributed by atoms with van der Waals surface area (Å²) in [5, 5.41) is 2.67. The zero-order chi connectivity index (χ0) is 20.9. The Balaban J connectivity index is 1.55. The number of nitrogens with zero attached hydrogens (tertiary/aromatic N) is 1. The van der Waals surface area contributed by atoms with Crippen molar-refractivity contribution in [1.82, 2.24) is 10.2 Å². The Kier molecular flexibility index (Phi) is 5.95. The number of rotatable bonds is 6. The summed E-state index contributed by atoms with van der Waals surface area (Å²) < 4.78 is 6.82. The number of hydrogen-bond donors (Lipinski definition) is 1. The molecule has 0 aliphatic carbocycles. The van der Waals surface area contributed by atoms with Crippen LogP contribution >= 0.6 is 15.9 Å². The predicted molar refractivity (Wildman–Crippen MR) is 118 cm³/mol. The van der Waals surface area contributed by atoms with Gasteiger partial charge in [0.1, 0.15) is 18.1 Å². The Morgan fingerprint density at radius 2 is 1.57 bits per heavy atom. The van der Waals surface area contributed by atoms with Crippen LogP contribution in [0.4, 0.5) is 4.79 Å². The smallest absolute Gasteiger partial charge is 0.329 e. The molecule has 1 saturated heterocycles. The molecule has 3 aromatic rings. The molecule has 0 atom stereocenters. The van der Waals surface area contributed by atoms with Gasteiger partial charge in [-0.05, 0) is 35.4 Å². The number of benzene rings is 3. The summed E-state index contributed by atoms with van der Waals surface area (Å²) >= 11 is 3.46. The maximum absolute atomic E-state index is 12.8. The van der Waals surface area contributed by atoms with E-state index in [9.17, 15) is 9.59 Å². The maximum atomic E-state index is 12.8. The van der Waals surface area contributed by atoms with Crippen molar-refractivity contribution in [3.8, 4) is 5.75 Å².